The minimum Gasteiger partial charge on any atom is -0.463 e. The summed E-state index contributed by atoms with van der Waals surface area (Å²) < 4.78 is 10.2. The summed E-state index contributed by atoms with van der Waals surface area (Å²) in [5.41, 5.74) is 1.36. The third kappa shape index (κ3) is 3.73. The number of carbonyl (C=O) groups excluding carboxylic acids is 1. The van der Waals surface area contributed by atoms with E-state index in [4.69, 9.17) is 4.42 Å². The van der Waals surface area contributed by atoms with Gasteiger partial charge in [0, 0.05) is 6.54 Å². The van der Waals surface area contributed by atoms with Crippen molar-refractivity contribution in [3.05, 3.63) is 29.2 Å². The Hall–Kier alpha value is -1.55. The first-order valence-electron chi connectivity index (χ1n) is 7.28. The second-order valence-corrected chi connectivity index (χ2v) is 5.28. The fourth-order valence-electron chi connectivity index (χ4n) is 2.81. The number of ether oxygens (including phenoxy) is 1. The van der Waals surface area contributed by atoms with Gasteiger partial charge in [0.05, 0.1) is 7.11 Å². The molecular weight excluding hydrogens is 254 g/mol. The topological polar surface area (TPSA) is 51.5 Å². The number of esters is 1. The molecule has 110 valence electrons. The molecule has 1 saturated carbocycles. The number of hydrogen-bond donors (Lipinski definition) is 1. The van der Waals surface area contributed by atoms with E-state index in [2.05, 4.69) is 16.1 Å². The molecule has 1 heterocycles. The monoisotopic (exact) mass is 277 g/mol. The Morgan fingerprint density at radius 3 is 2.80 bits per heavy atom. The van der Waals surface area contributed by atoms with E-state index >= 15 is 0 Å². The Kier molecular flexibility index (Phi) is 5.41. The number of hydrogen-bond acceptors (Lipinski definition) is 4. The Morgan fingerprint density at radius 1 is 1.40 bits per heavy atom. The van der Waals surface area contributed by atoms with Gasteiger partial charge in [-0.15, -0.1) is 0 Å². The molecule has 0 radical (unpaired) electrons. The summed E-state index contributed by atoms with van der Waals surface area (Å²) in [6.07, 6.45) is 8.51. The number of likely N-dealkylation sites (N-methyl/N-ethyl adjacent to an activating group) is 1. The lowest BCUT2D eigenvalue weighted by atomic mass is 9.83. The maximum absolute atomic E-state index is 11.4. The van der Waals surface area contributed by atoms with Crippen molar-refractivity contribution < 1.29 is 13.9 Å². The smallest absolute Gasteiger partial charge is 0.373 e. The van der Waals surface area contributed by atoms with Crippen LogP contribution in [0.25, 0.3) is 6.08 Å². The van der Waals surface area contributed by atoms with Crippen molar-refractivity contribution in [1.82, 2.24) is 5.32 Å². The Labute approximate surface area is 120 Å². The van der Waals surface area contributed by atoms with Crippen LogP contribution in [0.15, 0.2) is 22.1 Å². The van der Waals surface area contributed by atoms with Crippen LogP contribution in [0.3, 0.4) is 0 Å². The minimum atomic E-state index is -0.433. The Balaban J connectivity index is 2.14. The zero-order valence-corrected chi connectivity index (χ0v) is 12.3. The average Bonchev–Trinajstić information content (AvgIpc) is 2.95. The molecule has 1 fully saturated rings. The number of nitrogens with one attached hydrogen (secondary N) is 1. The van der Waals surface area contributed by atoms with Crippen molar-refractivity contribution in [1.29, 1.82) is 0 Å². The highest BCUT2D eigenvalue weighted by atomic mass is 16.5. The van der Waals surface area contributed by atoms with E-state index in [-0.39, 0.29) is 5.76 Å². The van der Waals surface area contributed by atoms with Crippen LogP contribution in [0.1, 0.15) is 48.4 Å². The highest BCUT2D eigenvalue weighted by molar-refractivity contribution is 5.86. The van der Waals surface area contributed by atoms with Crippen LogP contribution < -0.4 is 5.32 Å². The molecule has 1 aromatic rings. The second-order valence-electron chi connectivity index (χ2n) is 5.28. The van der Waals surface area contributed by atoms with Crippen molar-refractivity contribution in [3.8, 4) is 0 Å². The number of furan rings is 1. The molecule has 0 aliphatic heterocycles. The molecule has 2 rings (SSSR count). The maximum atomic E-state index is 11.4. The SMILES string of the molecule is CNC/C(=C/c1ccc(C(=O)OC)o1)C1CCCCC1. The van der Waals surface area contributed by atoms with Gasteiger partial charge in [0.25, 0.3) is 0 Å². The molecule has 0 amide bonds. The van der Waals surface area contributed by atoms with Gasteiger partial charge < -0.3 is 14.5 Å². The summed E-state index contributed by atoms with van der Waals surface area (Å²) in [5, 5.41) is 3.22. The van der Waals surface area contributed by atoms with Gasteiger partial charge in [-0.25, -0.2) is 4.79 Å². The largest absolute Gasteiger partial charge is 0.463 e. The van der Waals surface area contributed by atoms with Gasteiger partial charge in [0.2, 0.25) is 5.76 Å². The molecule has 0 aromatic carbocycles. The summed E-state index contributed by atoms with van der Waals surface area (Å²) in [6, 6.07) is 3.49. The van der Waals surface area contributed by atoms with Crippen molar-refractivity contribution in [2.24, 2.45) is 5.92 Å². The molecule has 1 aliphatic carbocycles. The summed E-state index contributed by atoms with van der Waals surface area (Å²) in [7, 11) is 3.31. The first kappa shape index (κ1) is 14.9. The second kappa shape index (κ2) is 7.29. The molecular formula is C16H23NO3. The lowest BCUT2D eigenvalue weighted by Crippen LogP contribution is -2.19. The van der Waals surface area contributed by atoms with Gasteiger partial charge in [-0.2, -0.15) is 0 Å². The van der Waals surface area contributed by atoms with Crippen LogP contribution in [0, 0.1) is 5.92 Å². The molecule has 1 aliphatic rings. The first-order chi connectivity index (χ1) is 9.74. The Bertz CT molecular complexity index is 470. The van der Waals surface area contributed by atoms with Crippen LogP contribution in [-0.4, -0.2) is 26.7 Å². The van der Waals surface area contributed by atoms with Crippen molar-refractivity contribution in [2.45, 2.75) is 32.1 Å². The quantitative estimate of drug-likeness (QED) is 0.839. The van der Waals surface area contributed by atoms with Crippen LogP contribution in [-0.2, 0) is 4.74 Å². The highest BCUT2D eigenvalue weighted by Gasteiger charge is 2.18. The number of methoxy groups -OCH3 is 1. The lowest BCUT2D eigenvalue weighted by molar-refractivity contribution is 0.0564. The molecule has 0 saturated heterocycles. The third-order valence-electron chi connectivity index (χ3n) is 3.85. The van der Waals surface area contributed by atoms with E-state index in [1.54, 1.807) is 6.07 Å². The molecule has 0 unspecified atom stereocenters. The van der Waals surface area contributed by atoms with Gasteiger partial charge in [0.1, 0.15) is 5.76 Å². The van der Waals surface area contributed by atoms with Gasteiger partial charge in [-0.05, 0) is 49.6 Å². The summed E-state index contributed by atoms with van der Waals surface area (Å²) in [6.45, 7) is 0.860. The molecule has 0 spiro atoms. The molecule has 0 bridgehead atoms. The average molecular weight is 277 g/mol. The van der Waals surface area contributed by atoms with E-state index in [0.29, 0.717) is 5.92 Å². The van der Waals surface area contributed by atoms with E-state index in [9.17, 15) is 4.79 Å². The van der Waals surface area contributed by atoms with Crippen molar-refractivity contribution in [2.75, 3.05) is 20.7 Å². The zero-order valence-electron chi connectivity index (χ0n) is 12.3. The van der Waals surface area contributed by atoms with E-state index < -0.39 is 5.97 Å². The van der Waals surface area contributed by atoms with E-state index in [1.165, 1.54) is 44.8 Å². The molecule has 1 aromatic heterocycles. The Morgan fingerprint density at radius 2 is 2.15 bits per heavy atom. The van der Waals surface area contributed by atoms with Gasteiger partial charge in [0.15, 0.2) is 0 Å². The van der Waals surface area contributed by atoms with Crippen molar-refractivity contribution in [3.63, 3.8) is 0 Å². The third-order valence-corrected chi connectivity index (χ3v) is 3.85. The maximum Gasteiger partial charge on any atom is 0.373 e. The van der Waals surface area contributed by atoms with Crippen LogP contribution >= 0.6 is 0 Å². The zero-order chi connectivity index (χ0) is 14.4. The van der Waals surface area contributed by atoms with Gasteiger partial charge in [-0.1, -0.05) is 19.3 Å². The number of rotatable bonds is 5. The molecule has 4 heteroatoms. The standard InChI is InChI=1S/C16H23NO3/c1-17-11-13(12-6-4-3-5-7-12)10-14-8-9-15(20-14)16(18)19-2/h8-10,12,17H,3-7,11H2,1-2H3/b13-10-. The van der Waals surface area contributed by atoms with E-state index in [0.717, 1.165) is 12.3 Å². The molecule has 4 nitrogen and oxygen atoms in total. The van der Waals surface area contributed by atoms with Gasteiger partial charge in [-0.3, -0.25) is 0 Å². The van der Waals surface area contributed by atoms with E-state index in [1.807, 2.05) is 13.1 Å². The molecule has 1 N–H and O–H groups in total. The normalized spacial score (nSPS) is 17.2. The van der Waals surface area contributed by atoms with Crippen LogP contribution in [0.2, 0.25) is 0 Å². The fourth-order valence-corrected chi connectivity index (χ4v) is 2.81. The fraction of sp³-hybridized carbons (Fsp3) is 0.562. The van der Waals surface area contributed by atoms with Crippen molar-refractivity contribution >= 4 is 12.0 Å². The number of carbonyl (C=O) groups is 1. The lowest BCUT2D eigenvalue weighted by Gasteiger charge is -2.24. The predicted molar refractivity (Wildman–Crippen MR) is 78.5 cm³/mol. The minimum absolute atomic E-state index is 0.256. The van der Waals surface area contributed by atoms with Gasteiger partial charge >= 0.3 is 5.97 Å². The molecule has 20 heavy (non-hydrogen) atoms. The highest BCUT2D eigenvalue weighted by Crippen LogP contribution is 2.30. The summed E-state index contributed by atoms with van der Waals surface area (Å²) in [4.78, 5) is 11.4. The predicted octanol–water partition coefficient (Wildman–Crippen LogP) is 3.25. The first-order valence-corrected chi connectivity index (χ1v) is 7.28. The summed E-state index contributed by atoms with van der Waals surface area (Å²) >= 11 is 0. The summed E-state index contributed by atoms with van der Waals surface area (Å²) in [5.74, 6) is 1.17. The van der Waals surface area contributed by atoms with Crippen LogP contribution in [0.4, 0.5) is 0 Å². The molecule has 0 atom stereocenters. The van der Waals surface area contributed by atoms with Crippen LogP contribution in [0.5, 0.6) is 0 Å².